The van der Waals surface area contributed by atoms with Crippen LogP contribution in [0.2, 0.25) is 0 Å². The molecule has 3 rings (SSSR count). The molecule has 1 N–H and O–H groups in total. The maximum Gasteiger partial charge on any atom is 0.227 e. The Kier molecular flexibility index (Phi) is 5.48. The lowest BCUT2D eigenvalue weighted by Crippen LogP contribution is -2.45. The normalized spacial score (nSPS) is 20.9. The molecule has 2 amide bonds. The molecule has 2 aliphatic rings. The lowest BCUT2D eigenvalue weighted by molar-refractivity contribution is -0.135. The van der Waals surface area contributed by atoms with E-state index in [4.69, 9.17) is 4.52 Å². The Hall–Kier alpha value is -1.92. The van der Waals surface area contributed by atoms with E-state index in [0.717, 1.165) is 44.5 Å². The molecule has 0 aromatic carbocycles. The molecule has 0 radical (unpaired) electrons. The minimum absolute atomic E-state index is 0.0640. The molecule has 132 valence electrons. The van der Waals surface area contributed by atoms with Gasteiger partial charge in [0.15, 0.2) is 5.82 Å². The van der Waals surface area contributed by atoms with Crippen LogP contribution in [0.3, 0.4) is 0 Å². The van der Waals surface area contributed by atoms with E-state index < -0.39 is 0 Å². The summed E-state index contributed by atoms with van der Waals surface area (Å²) in [5.41, 5.74) is 0. The maximum absolute atomic E-state index is 12.4. The molecule has 0 bridgehead atoms. The summed E-state index contributed by atoms with van der Waals surface area (Å²) in [4.78, 5) is 30.7. The number of rotatable bonds is 7. The Morgan fingerprint density at radius 3 is 2.92 bits per heavy atom. The summed E-state index contributed by atoms with van der Waals surface area (Å²) in [6.45, 7) is 3.98. The molecule has 1 aliphatic carbocycles. The highest BCUT2D eigenvalue weighted by atomic mass is 16.5. The second kappa shape index (κ2) is 7.77. The van der Waals surface area contributed by atoms with Crippen LogP contribution in [0.1, 0.15) is 63.1 Å². The molecule has 24 heavy (non-hydrogen) atoms. The van der Waals surface area contributed by atoms with Gasteiger partial charge in [0.25, 0.3) is 0 Å². The Labute approximate surface area is 142 Å². The molecule has 1 aromatic rings. The van der Waals surface area contributed by atoms with Crippen molar-refractivity contribution in [1.29, 1.82) is 0 Å². The van der Waals surface area contributed by atoms with Gasteiger partial charge in [-0.3, -0.25) is 9.59 Å². The summed E-state index contributed by atoms with van der Waals surface area (Å²) in [5.74, 6) is 1.83. The largest absolute Gasteiger partial charge is 0.356 e. The number of likely N-dealkylation sites (tertiary alicyclic amines) is 1. The van der Waals surface area contributed by atoms with Crippen molar-refractivity contribution in [1.82, 2.24) is 20.4 Å². The molecule has 0 spiro atoms. The van der Waals surface area contributed by atoms with Gasteiger partial charge in [-0.25, -0.2) is 0 Å². The quantitative estimate of drug-likeness (QED) is 0.819. The van der Waals surface area contributed by atoms with Gasteiger partial charge in [0, 0.05) is 38.4 Å². The number of hydrogen-bond donors (Lipinski definition) is 1. The summed E-state index contributed by atoms with van der Waals surface area (Å²) < 4.78 is 5.21. The van der Waals surface area contributed by atoms with Crippen LogP contribution < -0.4 is 5.32 Å². The maximum atomic E-state index is 12.4. The van der Waals surface area contributed by atoms with Crippen LogP contribution in [0.15, 0.2) is 4.52 Å². The lowest BCUT2D eigenvalue weighted by atomic mass is 9.96. The number of carbonyl (C=O) groups is 2. The lowest BCUT2D eigenvalue weighted by Gasteiger charge is -2.32. The predicted octanol–water partition coefficient (Wildman–Crippen LogP) is 1.64. The smallest absolute Gasteiger partial charge is 0.227 e. The summed E-state index contributed by atoms with van der Waals surface area (Å²) in [6, 6.07) is 0. The van der Waals surface area contributed by atoms with Gasteiger partial charge in [-0.15, -0.1) is 0 Å². The predicted molar refractivity (Wildman–Crippen MR) is 87.2 cm³/mol. The Balaban J connectivity index is 1.45. The van der Waals surface area contributed by atoms with Crippen LogP contribution in [0.4, 0.5) is 0 Å². The summed E-state index contributed by atoms with van der Waals surface area (Å²) in [5, 5.41) is 6.90. The van der Waals surface area contributed by atoms with Crippen molar-refractivity contribution in [3.05, 3.63) is 11.7 Å². The highest BCUT2D eigenvalue weighted by molar-refractivity contribution is 5.81. The first-order valence-electron chi connectivity index (χ1n) is 9.05. The van der Waals surface area contributed by atoms with Crippen molar-refractivity contribution in [2.45, 2.75) is 57.8 Å². The highest BCUT2D eigenvalue weighted by Crippen LogP contribution is 2.38. The number of carbonyl (C=O) groups excluding carboxylic acids is 2. The van der Waals surface area contributed by atoms with Gasteiger partial charge in [-0.05, 0) is 32.1 Å². The van der Waals surface area contributed by atoms with Gasteiger partial charge in [0.2, 0.25) is 17.7 Å². The molecule has 1 saturated carbocycles. The standard InChI is InChI=1S/C17H26N4O3/c1-2-9-18-17(23)13-4-3-10-21(11-13)15(22)8-7-14-19-16(20-24-14)12-5-6-12/h12-13H,2-11H2,1H3,(H,18,23)/t13-/m0/s1. The Bertz CT molecular complexity index is 582. The number of piperidine rings is 1. The van der Waals surface area contributed by atoms with E-state index in [9.17, 15) is 9.59 Å². The van der Waals surface area contributed by atoms with Crippen molar-refractivity contribution in [3.8, 4) is 0 Å². The molecule has 2 heterocycles. The van der Waals surface area contributed by atoms with E-state index in [1.807, 2.05) is 6.92 Å². The molecular formula is C17H26N4O3. The van der Waals surface area contributed by atoms with E-state index in [1.54, 1.807) is 4.90 Å². The van der Waals surface area contributed by atoms with Crippen LogP contribution in [-0.4, -0.2) is 46.5 Å². The number of nitrogens with one attached hydrogen (secondary N) is 1. The number of amides is 2. The fraction of sp³-hybridized carbons (Fsp3) is 0.765. The first-order chi connectivity index (χ1) is 11.7. The topological polar surface area (TPSA) is 88.3 Å². The number of aromatic nitrogens is 2. The van der Waals surface area contributed by atoms with Gasteiger partial charge in [-0.2, -0.15) is 4.98 Å². The third-order valence-corrected chi connectivity index (χ3v) is 4.67. The minimum Gasteiger partial charge on any atom is -0.356 e. The third kappa shape index (κ3) is 4.33. The zero-order valence-electron chi connectivity index (χ0n) is 14.3. The molecule has 1 aromatic heterocycles. The van der Waals surface area contributed by atoms with Crippen molar-refractivity contribution in [2.24, 2.45) is 5.92 Å². The second-order valence-corrected chi connectivity index (χ2v) is 6.79. The zero-order valence-corrected chi connectivity index (χ0v) is 14.3. The SMILES string of the molecule is CCCNC(=O)[C@H]1CCCN(C(=O)CCc2nc(C3CC3)no2)C1. The summed E-state index contributed by atoms with van der Waals surface area (Å²) in [7, 11) is 0. The molecule has 7 heteroatoms. The van der Waals surface area contributed by atoms with Crippen molar-refractivity contribution in [3.63, 3.8) is 0 Å². The molecule has 7 nitrogen and oxygen atoms in total. The van der Waals surface area contributed by atoms with Crippen molar-refractivity contribution in [2.75, 3.05) is 19.6 Å². The zero-order chi connectivity index (χ0) is 16.9. The molecule has 2 fully saturated rings. The van der Waals surface area contributed by atoms with Crippen LogP contribution in [-0.2, 0) is 16.0 Å². The average Bonchev–Trinajstić information content (AvgIpc) is 3.36. The molecule has 1 atom stereocenters. The number of aryl methyl sites for hydroxylation is 1. The van der Waals surface area contributed by atoms with E-state index >= 15 is 0 Å². The number of hydrogen-bond acceptors (Lipinski definition) is 5. The summed E-state index contributed by atoms with van der Waals surface area (Å²) in [6.07, 6.45) is 5.75. The van der Waals surface area contributed by atoms with Gasteiger partial charge in [-0.1, -0.05) is 12.1 Å². The van der Waals surface area contributed by atoms with E-state index in [-0.39, 0.29) is 17.7 Å². The first-order valence-corrected chi connectivity index (χ1v) is 9.05. The third-order valence-electron chi connectivity index (χ3n) is 4.67. The molecular weight excluding hydrogens is 308 g/mol. The monoisotopic (exact) mass is 334 g/mol. The van der Waals surface area contributed by atoms with Crippen LogP contribution in [0.5, 0.6) is 0 Å². The fourth-order valence-electron chi connectivity index (χ4n) is 3.06. The van der Waals surface area contributed by atoms with Gasteiger partial charge in [0.1, 0.15) is 0 Å². The van der Waals surface area contributed by atoms with Crippen LogP contribution in [0.25, 0.3) is 0 Å². The van der Waals surface area contributed by atoms with E-state index in [0.29, 0.717) is 37.7 Å². The average molecular weight is 334 g/mol. The minimum atomic E-state index is -0.0841. The van der Waals surface area contributed by atoms with E-state index in [1.165, 1.54) is 0 Å². The first kappa shape index (κ1) is 16.9. The second-order valence-electron chi connectivity index (χ2n) is 6.79. The highest BCUT2D eigenvalue weighted by Gasteiger charge is 2.30. The van der Waals surface area contributed by atoms with Gasteiger partial charge in [0.05, 0.1) is 5.92 Å². The Morgan fingerprint density at radius 1 is 1.33 bits per heavy atom. The number of nitrogens with zero attached hydrogens (tertiary/aromatic N) is 3. The van der Waals surface area contributed by atoms with Crippen molar-refractivity contribution >= 4 is 11.8 Å². The molecule has 1 saturated heterocycles. The molecule has 1 aliphatic heterocycles. The van der Waals surface area contributed by atoms with Crippen LogP contribution in [0, 0.1) is 5.92 Å². The van der Waals surface area contributed by atoms with Crippen LogP contribution >= 0.6 is 0 Å². The summed E-state index contributed by atoms with van der Waals surface area (Å²) >= 11 is 0. The van der Waals surface area contributed by atoms with Crippen molar-refractivity contribution < 1.29 is 14.1 Å². The van der Waals surface area contributed by atoms with Gasteiger partial charge >= 0.3 is 0 Å². The fourth-order valence-corrected chi connectivity index (χ4v) is 3.06. The Morgan fingerprint density at radius 2 is 2.17 bits per heavy atom. The van der Waals surface area contributed by atoms with E-state index in [2.05, 4.69) is 15.5 Å². The van der Waals surface area contributed by atoms with Gasteiger partial charge < -0.3 is 14.7 Å². The molecule has 0 unspecified atom stereocenters.